The molecule has 0 aromatic heterocycles. The number of aliphatic hydroxyl groups excluding tert-OH is 1. The molecule has 0 aliphatic carbocycles. The van der Waals surface area contributed by atoms with Gasteiger partial charge in [0.25, 0.3) is 11.3 Å². The van der Waals surface area contributed by atoms with Crippen molar-refractivity contribution in [3.05, 3.63) is 101 Å². The summed E-state index contributed by atoms with van der Waals surface area (Å²) in [5, 5.41) is 9.28. The Labute approximate surface area is 166 Å². The molecule has 0 heterocycles. The van der Waals surface area contributed by atoms with Crippen LogP contribution in [0.4, 0.5) is 10.1 Å². The van der Waals surface area contributed by atoms with Crippen LogP contribution in [0.1, 0.15) is 28.2 Å². The Morgan fingerprint density at radius 1 is 0.893 bits per heavy atom. The largest absolute Gasteiger partial charge is 0.392 e. The van der Waals surface area contributed by atoms with Gasteiger partial charge in [-0.15, -0.1) is 0 Å². The van der Waals surface area contributed by atoms with Gasteiger partial charge in [-0.1, -0.05) is 48.5 Å². The molecule has 0 radical (unpaired) electrons. The van der Waals surface area contributed by atoms with E-state index in [9.17, 15) is 13.7 Å². The molecule has 0 saturated carbocycles. The van der Waals surface area contributed by atoms with Crippen molar-refractivity contribution in [2.45, 2.75) is 25.4 Å². The van der Waals surface area contributed by atoms with Crippen molar-refractivity contribution in [3.63, 3.8) is 0 Å². The van der Waals surface area contributed by atoms with Crippen LogP contribution in [0.25, 0.3) is 0 Å². The van der Waals surface area contributed by atoms with Crippen molar-refractivity contribution < 1.29 is 18.3 Å². The molecule has 146 valence electrons. The quantitative estimate of drug-likeness (QED) is 0.491. The normalized spacial score (nSPS) is 13.1. The Morgan fingerprint density at radius 3 is 2.18 bits per heavy atom. The summed E-state index contributed by atoms with van der Waals surface area (Å²) < 4.78 is 35.8. The maximum Gasteiger partial charge on any atom is 0.259 e. The van der Waals surface area contributed by atoms with Crippen LogP contribution in [0.2, 0.25) is 0 Å². The van der Waals surface area contributed by atoms with Crippen LogP contribution < -0.4 is 4.72 Å². The molecular weight excluding hydrogens is 377 g/mol. The molecule has 0 bridgehead atoms. The van der Waals surface area contributed by atoms with E-state index in [2.05, 4.69) is 4.72 Å². The summed E-state index contributed by atoms with van der Waals surface area (Å²) in [5.41, 5.74) is 4.60. The van der Waals surface area contributed by atoms with Crippen LogP contribution in [-0.4, -0.2) is 13.9 Å². The third-order valence-corrected chi connectivity index (χ3v) is 5.05. The summed E-state index contributed by atoms with van der Waals surface area (Å²) in [7, 11) is 0. The fraction of sp³-hybridized carbons (Fsp3) is 0.182. The molecule has 28 heavy (non-hydrogen) atoms. The lowest BCUT2D eigenvalue weighted by Gasteiger charge is -2.19. The first-order chi connectivity index (χ1) is 13.5. The molecule has 0 fully saturated rings. The second-order valence-corrected chi connectivity index (χ2v) is 7.39. The maximum absolute atomic E-state index is 13.2. The minimum atomic E-state index is -2.12. The third-order valence-electron chi connectivity index (χ3n) is 4.64. The average Bonchev–Trinajstić information content (AvgIpc) is 2.69. The zero-order chi connectivity index (χ0) is 19.9. The molecule has 3 N–H and O–H groups in total. The summed E-state index contributed by atoms with van der Waals surface area (Å²) in [4.78, 5) is 0. The second-order valence-electron chi connectivity index (χ2n) is 6.68. The second kappa shape index (κ2) is 9.59. The van der Waals surface area contributed by atoms with Gasteiger partial charge in [0, 0.05) is 5.69 Å². The highest BCUT2D eigenvalue weighted by atomic mass is 32.2. The molecule has 2 unspecified atom stereocenters. The maximum atomic E-state index is 13.2. The minimum Gasteiger partial charge on any atom is -0.392 e. The van der Waals surface area contributed by atoms with Gasteiger partial charge in [-0.2, -0.15) is 0 Å². The number of benzene rings is 3. The molecule has 0 saturated heterocycles. The predicted octanol–water partition coefficient (Wildman–Crippen LogP) is 4.44. The van der Waals surface area contributed by atoms with E-state index in [0.29, 0.717) is 12.1 Å². The molecule has 0 amide bonds. The van der Waals surface area contributed by atoms with Crippen molar-refractivity contribution in [1.29, 1.82) is 0 Å². The van der Waals surface area contributed by atoms with E-state index in [1.807, 2.05) is 42.5 Å². The summed E-state index contributed by atoms with van der Waals surface area (Å²) in [6.07, 6.45) is 1.44. The molecule has 3 aromatic carbocycles. The number of aliphatic hydroxyl groups is 1. The minimum absolute atomic E-state index is 0.00504. The lowest BCUT2D eigenvalue weighted by atomic mass is 9.86. The Hall–Kier alpha value is -2.54. The zero-order valence-corrected chi connectivity index (χ0v) is 16.0. The van der Waals surface area contributed by atoms with E-state index in [-0.39, 0.29) is 18.3 Å². The van der Waals surface area contributed by atoms with E-state index in [0.717, 1.165) is 28.7 Å². The third kappa shape index (κ3) is 5.73. The molecule has 2 atom stereocenters. The molecular formula is C22H22FNO3S. The summed E-state index contributed by atoms with van der Waals surface area (Å²) >= 11 is -2.12. The van der Waals surface area contributed by atoms with Crippen LogP contribution in [0, 0.1) is 5.82 Å². The van der Waals surface area contributed by atoms with Crippen molar-refractivity contribution in [2.75, 3.05) is 4.72 Å². The van der Waals surface area contributed by atoms with Gasteiger partial charge in [0.05, 0.1) is 6.61 Å². The van der Waals surface area contributed by atoms with Gasteiger partial charge >= 0.3 is 0 Å². The topological polar surface area (TPSA) is 69.6 Å². The highest BCUT2D eigenvalue weighted by Crippen LogP contribution is 2.27. The summed E-state index contributed by atoms with van der Waals surface area (Å²) in [6.45, 7) is -0.00504. The number of hydrogen-bond acceptors (Lipinski definition) is 2. The average molecular weight is 399 g/mol. The number of hydrogen-bond donors (Lipinski definition) is 3. The lowest BCUT2D eigenvalue weighted by Crippen LogP contribution is -2.08. The van der Waals surface area contributed by atoms with Crippen molar-refractivity contribution >= 4 is 17.0 Å². The van der Waals surface area contributed by atoms with Crippen molar-refractivity contribution in [1.82, 2.24) is 0 Å². The zero-order valence-electron chi connectivity index (χ0n) is 15.2. The molecule has 0 spiro atoms. The van der Waals surface area contributed by atoms with Gasteiger partial charge in [-0.05, 0) is 65.3 Å². The smallest absolute Gasteiger partial charge is 0.259 e. The molecule has 0 aliphatic heterocycles. The van der Waals surface area contributed by atoms with E-state index >= 15 is 0 Å². The fourth-order valence-electron chi connectivity index (χ4n) is 3.26. The molecule has 6 heteroatoms. The van der Waals surface area contributed by atoms with Crippen LogP contribution in [0.3, 0.4) is 0 Å². The monoisotopic (exact) mass is 399 g/mol. The Balaban J connectivity index is 1.86. The SMILES string of the molecule is O=S(O)Nc1cccc(CC(Cc2ccc(F)cc2)c2ccc(CO)cc2)c1. The first-order valence-corrected chi connectivity index (χ1v) is 10.0. The van der Waals surface area contributed by atoms with Crippen molar-refractivity contribution in [2.24, 2.45) is 0 Å². The molecule has 0 aliphatic rings. The number of rotatable bonds is 8. The molecule has 4 nitrogen and oxygen atoms in total. The van der Waals surface area contributed by atoms with Crippen LogP contribution >= 0.6 is 0 Å². The first-order valence-electron chi connectivity index (χ1n) is 8.94. The van der Waals surface area contributed by atoms with Gasteiger partial charge in [0.15, 0.2) is 0 Å². The highest BCUT2D eigenvalue weighted by molar-refractivity contribution is 7.80. The number of halogens is 1. The van der Waals surface area contributed by atoms with Crippen LogP contribution in [0.15, 0.2) is 72.8 Å². The highest BCUT2D eigenvalue weighted by Gasteiger charge is 2.14. The van der Waals surface area contributed by atoms with Gasteiger partial charge in [0.1, 0.15) is 5.82 Å². The Morgan fingerprint density at radius 2 is 1.54 bits per heavy atom. The van der Waals surface area contributed by atoms with Crippen molar-refractivity contribution in [3.8, 4) is 0 Å². The van der Waals surface area contributed by atoms with Gasteiger partial charge < -0.3 is 5.11 Å². The predicted molar refractivity (Wildman–Crippen MR) is 110 cm³/mol. The standard InChI is InChI=1S/C22H22FNO3S/c23-21-10-6-16(7-11-21)12-20(19-8-4-17(15-25)5-9-19)13-18-2-1-3-22(14-18)24-28(26)27/h1-11,14,20,24-25H,12-13,15H2,(H,26,27). The van der Waals surface area contributed by atoms with E-state index in [4.69, 9.17) is 4.55 Å². The van der Waals surface area contributed by atoms with Gasteiger partial charge in [-0.3, -0.25) is 9.27 Å². The van der Waals surface area contributed by atoms with E-state index in [1.165, 1.54) is 12.1 Å². The fourth-order valence-corrected chi connectivity index (χ4v) is 3.58. The first kappa shape index (κ1) is 20.2. The summed E-state index contributed by atoms with van der Waals surface area (Å²) in [5.74, 6) is -0.128. The van der Waals surface area contributed by atoms with Crippen LogP contribution in [0.5, 0.6) is 0 Å². The number of anilines is 1. The lowest BCUT2D eigenvalue weighted by molar-refractivity contribution is 0.282. The van der Waals surface area contributed by atoms with Crippen LogP contribution in [-0.2, 0) is 30.7 Å². The number of nitrogens with one attached hydrogen (secondary N) is 1. The Bertz CT molecular complexity index is 929. The molecule has 3 aromatic rings. The Kier molecular flexibility index (Phi) is 6.92. The van der Waals surface area contributed by atoms with Gasteiger partial charge in [0.2, 0.25) is 0 Å². The molecule has 3 rings (SSSR count). The van der Waals surface area contributed by atoms with E-state index in [1.54, 1.807) is 18.2 Å². The van der Waals surface area contributed by atoms with E-state index < -0.39 is 11.3 Å². The summed E-state index contributed by atoms with van der Waals surface area (Å²) in [6, 6.07) is 21.7. The van der Waals surface area contributed by atoms with Gasteiger partial charge in [-0.25, -0.2) is 8.60 Å².